The van der Waals surface area contributed by atoms with E-state index >= 15 is 0 Å². The molecule has 0 bridgehead atoms. The van der Waals surface area contributed by atoms with Crippen LogP contribution in [0.15, 0.2) is 18.2 Å². The molecule has 1 heterocycles. The highest BCUT2D eigenvalue weighted by atomic mass is 15.2. The van der Waals surface area contributed by atoms with E-state index in [1.165, 1.54) is 12.8 Å². The van der Waals surface area contributed by atoms with Crippen LogP contribution in [-0.4, -0.2) is 18.1 Å². The number of rotatable bonds is 4. The molecular weight excluding hydrogens is 186 g/mol. The predicted molar refractivity (Wildman–Crippen MR) is 59.6 cm³/mol. The first-order valence-electron chi connectivity index (χ1n) is 5.45. The largest absolute Gasteiger partial charge is 0.357 e. The molecule has 0 spiro atoms. The highest BCUT2D eigenvalue weighted by Gasteiger charge is 2.24. The lowest BCUT2D eigenvalue weighted by atomic mass is 10.3. The van der Waals surface area contributed by atoms with E-state index < -0.39 is 0 Å². The third-order valence-electron chi connectivity index (χ3n) is 2.73. The number of hydrogen-bond acceptors (Lipinski definition) is 3. The molecule has 0 atom stereocenters. The molecule has 1 aliphatic rings. The number of hydrogen-bond donors (Lipinski definition) is 0. The van der Waals surface area contributed by atoms with Gasteiger partial charge in [-0.15, -0.1) is 0 Å². The zero-order valence-corrected chi connectivity index (χ0v) is 8.98. The van der Waals surface area contributed by atoms with Gasteiger partial charge in [-0.2, -0.15) is 5.26 Å². The van der Waals surface area contributed by atoms with Gasteiger partial charge in [0, 0.05) is 13.1 Å². The van der Waals surface area contributed by atoms with E-state index in [4.69, 9.17) is 5.26 Å². The fourth-order valence-corrected chi connectivity index (χ4v) is 1.66. The standard InChI is InChI=1S/C12H15N3/c1-2-15(9-10-6-7-10)12-5-3-4-11(8-13)14-12/h3-5,10H,2,6-7,9H2,1H3. The second-order valence-corrected chi connectivity index (χ2v) is 3.97. The molecule has 3 nitrogen and oxygen atoms in total. The third-order valence-corrected chi connectivity index (χ3v) is 2.73. The minimum Gasteiger partial charge on any atom is -0.357 e. The summed E-state index contributed by atoms with van der Waals surface area (Å²) in [5, 5.41) is 8.78. The van der Waals surface area contributed by atoms with Crippen molar-refractivity contribution in [2.45, 2.75) is 19.8 Å². The van der Waals surface area contributed by atoms with E-state index in [0.717, 1.165) is 24.8 Å². The Morgan fingerprint density at radius 3 is 2.93 bits per heavy atom. The van der Waals surface area contributed by atoms with Crippen LogP contribution < -0.4 is 4.90 Å². The van der Waals surface area contributed by atoms with E-state index in [-0.39, 0.29) is 0 Å². The van der Waals surface area contributed by atoms with Crippen molar-refractivity contribution < 1.29 is 0 Å². The number of anilines is 1. The van der Waals surface area contributed by atoms with Crippen LogP contribution in [0.1, 0.15) is 25.5 Å². The Kier molecular flexibility index (Phi) is 2.86. The third kappa shape index (κ3) is 2.47. The number of pyridine rings is 1. The molecular formula is C12H15N3. The molecule has 0 unspecified atom stereocenters. The lowest BCUT2D eigenvalue weighted by Crippen LogP contribution is -2.26. The molecule has 2 rings (SSSR count). The fourth-order valence-electron chi connectivity index (χ4n) is 1.66. The zero-order valence-electron chi connectivity index (χ0n) is 8.98. The number of nitrogens with zero attached hydrogens (tertiary/aromatic N) is 3. The van der Waals surface area contributed by atoms with Crippen LogP contribution in [0.2, 0.25) is 0 Å². The van der Waals surface area contributed by atoms with Crippen molar-refractivity contribution in [1.82, 2.24) is 4.98 Å². The highest BCUT2D eigenvalue weighted by Crippen LogP contribution is 2.30. The van der Waals surface area contributed by atoms with Gasteiger partial charge in [0.15, 0.2) is 0 Å². The molecule has 0 radical (unpaired) electrons. The van der Waals surface area contributed by atoms with Crippen LogP contribution >= 0.6 is 0 Å². The summed E-state index contributed by atoms with van der Waals surface area (Å²) in [7, 11) is 0. The maximum absolute atomic E-state index is 8.78. The van der Waals surface area contributed by atoms with Gasteiger partial charge in [0.05, 0.1) is 0 Å². The van der Waals surface area contributed by atoms with Gasteiger partial charge in [-0.1, -0.05) is 6.07 Å². The summed E-state index contributed by atoms with van der Waals surface area (Å²) in [6.45, 7) is 4.17. The minimum absolute atomic E-state index is 0.502. The van der Waals surface area contributed by atoms with Crippen molar-refractivity contribution in [2.75, 3.05) is 18.0 Å². The first kappa shape index (κ1) is 9.97. The highest BCUT2D eigenvalue weighted by molar-refractivity contribution is 5.41. The average molecular weight is 201 g/mol. The van der Waals surface area contributed by atoms with Crippen LogP contribution in [-0.2, 0) is 0 Å². The summed E-state index contributed by atoms with van der Waals surface area (Å²) >= 11 is 0. The van der Waals surface area contributed by atoms with Crippen molar-refractivity contribution in [2.24, 2.45) is 5.92 Å². The zero-order chi connectivity index (χ0) is 10.7. The Morgan fingerprint density at radius 2 is 2.33 bits per heavy atom. The van der Waals surface area contributed by atoms with Crippen molar-refractivity contribution >= 4 is 5.82 Å². The molecule has 3 heteroatoms. The van der Waals surface area contributed by atoms with Gasteiger partial charge in [0.25, 0.3) is 0 Å². The predicted octanol–water partition coefficient (Wildman–Crippen LogP) is 2.19. The van der Waals surface area contributed by atoms with E-state index in [1.807, 2.05) is 12.1 Å². The topological polar surface area (TPSA) is 39.9 Å². The molecule has 1 aromatic rings. The van der Waals surface area contributed by atoms with Crippen molar-refractivity contribution in [3.05, 3.63) is 23.9 Å². The summed E-state index contributed by atoms with van der Waals surface area (Å²) in [4.78, 5) is 6.56. The molecule has 0 saturated heterocycles. The second-order valence-electron chi connectivity index (χ2n) is 3.97. The van der Waals surface area contributed by atoms with E-state index in [1.54, 1.807) is 6.07 Å². The van der Waals surface area contributed by atoms with Gasteiger partial charge >= 0.3 is 0 Å². The maximum atomic E-state index is 8.78. The molecule has 15 heavy (non-hydrogen) atoms. The first-order valence-corrected chi connectivity index (χ1v) is 5.45. The summed E-state index contributed by atoms with van der Waals surface area (Å²) < 4.78 is 0. The van der Waals surface area contributed by atoms with Gasteiger partial charge in [-0.3, -0.25) is 0 Å². The van der Waals surface area contributed by atoms with Gasteiger partial charge in [-0.05, 0) is 37.8 Å². The Bertz CT molecular complexity index is 377. The fraction of sp³-hybridized carbons (Fsp3) is 0.500. The van der Waals surface area contributed by atoms with Crippen LogP contribution in [0.25, 0.3) is 0 Å². The minimum atomic E-state index is 0.502. The normalized spacial score (nSPS) is 14.7. The molecule has 0 aliphatic heterocycles. The molecule has 78 valence electrons. The first-order chi connectivity index (χ1) is 7.33. The van der Waals surface area contributed by atoms with Crippen molar-refractivity contribution in [3.63, 3.8) is 0 Å². The Labute approximate surface area is 90.4 Å². The van der Waals surface area contributed by atoms with Crippen LogP contribution in [0.4, 0.5) is 5.82 Å². The monoisotopic (exact) mass is 201 g/mol. The van der Waals surface area contributed by atoms with Crippen molar-refractivity contribution in [1.29, 1.82) is 5.26 Å². The summed E-state index contributed by atoms with van der Waals surface area (Å²) in [6.07, 6.45) is 2.68. The number of aromatic nitrogens is 1. The molecule has 0 N–H and O–H groups in total. The summed E-state index contributed by atoms with van der Waals surface area (Å²) in [5.74, 6) is 1.78. The van der Waals surface area contributed by atoms with Crippen LogP contribution in [0.5, 0.6) is 0 Å². The molecule has 0 aromatic carbocycles. The van der Waals surface area contributed by atoms with Gasteiger partial charge in [-0.25, -0.2) is 4.98 Å². The van der Waals surface area contributed by atoms with Crippen LogP contribution in [0.3, 0.4) is 0 Å². The molecule has 1 fully saturated rings. The molecule has 1 aromatic heterocycles. The van der Waals surface area contributed by atoms with E-state index in [2.05, 4.69) is 22.9 Å². The lowest BCUT2D eigenvalue weighted by Gasteiger charge is -2.21. The summed E-state index contributed by atoms with van der Waals surface area (Å²) in [5.41, 5.74) is 0.502. The SMILES string of the molecule is CCN(CC1CC1)c1cccc(C#N)n1. The summed E-state index contributed by atoms with van der Waals surface area (Å²) in [6, 6.07) is 7.70. The smallest absolute Gasteiger partial charge is 0.142 e. The Morgan fingerprint density at radius 1 is 1.53 bits per heavy atom. The molecule has 0 amide bonds. The van der Waals surface area contributed by atoms with Gasteiger partial charge in [0.2, 0.25) is 0 Å². The van der Waals surface area contributed by atoms with Gasteiger partial charge in [0.1, 0.15) is 17.6 Å². The van der Waals surface area contributed by atoms with E-state index in [0.29, 0.717) is 5.69 Å². The molecule has 1 saturated carbocycles. The van der Waals surface area contributed by atoms with Crippen LogP contribution in [0, 0.1) is 17.2 Å². The maximum Gasteiger partial charge on any atom is 0.142 e. The average Bonchev–Trinajstić information content (AvgIpc) is 3.10. The number of nitriles is 1. The quantitative estimate of drug-likeness (QED) is 0.749. The van der Waals surface area contributed by atoms with E-state index in [9.17, 15) is 0 Å². The second kappa shape index (κ2) is 4.31. The molecule has 1 aliphatic carbocycles. The lowest BCUT2D eigenvalue weighted by molar-refractivity contribution is 0.731. The van der Waals surface area contributed by atoms with Crippen molar-refractivity contribution in [3.8, 4) is 6.07 Å². The Balaban J connectivity index is 2.13. The van der Waals surface area contributed by atoms with Gasteiger partial charge < -0.3 is 4.90 Å². The Hall–Kier alpha value is -1.56.